The van der Waals surface area contributed by atoms with Crippen molar-refractivity contribution in [3.8, 4) is 0 Å². The van der Waals surface area contributed by atoms with E-state index < -0.39 is 0 Å². The molecule has 0 saturated heterocycles. The van der Waals surface area contributed by atoms with Gasteiger partial charge in [-0.3, -0.25) is 4.90 Å². The Labute approximate surface area is 118 Å². The molecule has 0 heterocycles. The third kappa shape index (κ3) is 4.56. The molecule has 17 heavy (non-hydrogen) atoms. The van der Waals surface area contributed by atoms with E-state index in [-0.39, 0.29) is 0 Å². The Kier molecular flexibility index (Phi) is 5.25. The van der Waals surface area contributed by atoms with Crippen molar-refractivity contribution in [2.75, 3.05) is 19.6 Å². The van der Waals surface area contributed by atoms with E-state index in [9.17, 15) is 0 Å². The largest absolute Gasteiger partial charge is 0.311 e. The Balaban J connectivity index is 1.63. The molecule has 94 valence electrons. The maximum Gasteiger partial charge on any atom is 0.0206 e. The molecule has 0 aliphatic heterocycles. The van der Waals surface area contributed by atoms with Gasteiger partial charge in [-0.15, -0.1) is 0 Å². The molecule has 0 unspecified atom stereocenters. The summed E-state index contributed by atoms with van der Waals surface area (Å²) in [5.41, 5.74) is 1.37. The van der Waals surface area contributed by atoms with Crippen LogP contribution in [0.5, 0.6) is 0 Å². The van der Waals surface area contributed by atoms with Gasteiger partial charge in [-0.05, 0) is 59.7 Å². The van der Waals surface area contributed by atoms with Crippen LogP contribution in [0.3, 0.4) is 0 Å². The first-order valence-corrected chi connectivity index (χ1v) is 7.56. The summed E-state index contributed by atoms with van der Waals surface area (Å²) in [7, 11) is 0. The highest BCUT2D eigenvalue weighted by atomic mass is 127. The Morgan fingerprint density at radius 3 is 2.59 bits per heavy atom. The molecule has 1 aliphatic carbocycles. The molecule has 2 rings (SSSR count). The molecule has 1 fully saturated rings. The molecule has 0 atom stereocenters. The molecule has 0 spiro atoms. The molecular formula is C14H21IN2. The summed E-state index contributed by atoms with van der Waals surface area (Å²) in [5.74, 6) is 0. The van der Waals surface area contributed by atoms with E-state index in [1.54, 1.807) is 0 Å². The van der Waals surface area contributed by atoms with Gasteiger partial charge >= 0.3 is 0 Å². The molecule has 0 radical (unpaired) electrons. The van der Waals surface area contributed by atoms with Gasteiger partial charge in [0.25, 0.3) is 0 Å². The predicted molar refractivity (Wildman–Crippen MR) is 81.1 cm³/mol. The number of hydrogen-bond donors (Lipinski definition) is 1. The van der Waals surface area contributed by atoms with Crippen LogP contribution in [-0.4, -0.2) is 30.6 Å². The Morgan fingerprint density at radius 1 is 1.29 bits per heavy atom. The van der Waals surface area contributed by atoms with E-state index in [1.165, 1.54) is 35.1 Å². The number of nitrogens with zero attached hydrogens (tertiary/aromatic N) is 1. The summed E-state index contributed by atoms with van der Waals surface area (Å²) in [6.45, 7) is 6.72. The van der Waals surface area contributed by atoms with E-state index in [2.05, 4.69) is 64.0 Å². The highest BCUT2D eigenvalue weighted by Gasteiger charge is 2.26. The van der Waals surface area contributed by atoms with Gasteiger partial charge in [0.15, 0.2) is 0 Å². The lowest BCUT2D eigenvalue weighted by atomic mass is 10.2. The van der Waals surface area contributed by atoms with Gasteiger partial charge in [-0.2, -0.15) is 0 Å². The van der Waals surface area contributed by atoms with Crippen molar-refractivity contribution in [3.05, 3.63) is 33.4 Å². The molecule has 2 nitrogen and oxygen atoms in total. The van der Waals surface area contributed by atoms with Crippen LogP contribution < -0.4 is 5.32 Å². The minimum Gasteiger partial charge on any atom is -0.311 e. The van der Waals surface area contributed by atoms with Gasteiger partial charge in [0.05, 0.1) is 0 Å². The Bertz CT molecular complexity index is 333. The number of likely N-dealkylation sites (N-methyl/N-ethyl adjacent to an activating group) is 1. The van der Waals surface area contributed by atoms with Gasteiger partial charge in [0.1, 0.15) is 0 Å². The molecule has 3 heteroatoms. The number of hydrogen-bond acceptors (Lipinski definition) is 2. The first-order chi connectivity index (χ1) is 8.29. The number of benzene rings is 1. The summed E-state index contributed by atoms with van der Waals surface area (Å²) >= 11 is 2.34. The topological polar surface area (TPSA) is 15.3 Å². The normalized spacial score (nSPS) is 15.5. The van der Waals surface area contributed by atoms with E-state index in [0.717, 1.165) is 19.1 Å². The summed E-state index contributed by atoms with van der Waals surface area (Å²) < 4.78 is 1.30. The van der Waals surface area contributed by atoms with E-state index >= 15 is 0 Å². The molecule has 1 N–H and O–H groups in total. The van der Waals surface area contributed by atoms with Crippen LogP contribution >= 0.6 is 22.6 Å². The molecule has 1 aromatic rings. The van der Waals surface area contributed by atoms with Crippen molar-refractivity contribution in [1.82, 2.24) is 10.2 Å². The highest BCUT2D eigenvalue weighted by molar-refractivity contribution is 14.1. The number of nitrogens with one attached hydrogen (secondary N) is 1. The van der Waals surface area contributed by atoms with Crippen molar-refractivity contribution in [2.45, 2.75) is 32.4 Å². The lowest BCUT2D eigenvalue weighted by Gasteiger charge is -2.19. The van der Waals surface area contributed by atoms with Crippen LogP contribution in [0.25, 0.3) is 0 Å². The van der Waals surface area contributed by atoms with Gasteiger partial charge in [-0.25, -0.2) is 0 Å². The van der Waals surface area contributed by atoms with Crippen molar-refractivity contribution < 1.29 is 0 Å². The minimum atomic E-state index is 0.889. The Morgan fingerprint density at radius 2 is 2.00 bits per heavy atom. The fourth-order valence-corrected chi connectivity index (χ4v) is 2.46. The maximum atomic E-state index is 3.52. The lowest BCUT2D eigenvalue weighted by molar-refractivity contribution is 0.277. The van der Waals surface area contributed by atoms with Crippen LogP contribution in [0.1, 0.15) is 25.3 Å². The van der Waals surface area contributed by atoms with Gasteiger partial charge in [-0.1, -0.05) is 19.1 Å². The monoisotopic (exact) mass is 344 g/mol. The molecule has 0 bridgehead atoms. The second kappa shape index (κ2) is 6.71. The smallest absolute Gasteiger partial charge is 0.0206 e. The fourth-order valence-electron chi connectivity index (χ4n) is 2.10. The van der Waals surface area contributed by atoms with Crippen LogP contribution in [0.2, 0.25) is 0 Å². The van der Waals surface area contributed by atoms with E-state index in [1.807, 2.05) is 0 Å². The zero-order valence-electron chi connectivity index (χ0n) is 10.5. The molecule has 1 saturated carbocycles. The third-order valence-corrected chi connectivity index (χ3v) is 4.01. The average molecular weight is 344 g/mol. The van der Waals surface area contributed by atoms with E-state index in [4.69, 9.17) is 0 Å². The first-order valence-electron chi connectivity index (χ1n) is 6.49. The SMILES string of the molecule is CCN(CCNCc1ccc(I)cc1)C1CC1. The van der Waals surface area contributed by atoms with Crippen molar-refractivity contribution in [3.63, 3.8) is 0 Å². The summed E-state index contributed by atoms with van der Waals surface area (Å²) in [4.78, 5) is 2.58. The van der Waals surface area contributed by atoms with Gasteiger partial charge in [0.2, 0.25) is 0 Å². The van der Waals surface area contributed by atoms with Crippen molar-refractivity contribution in [2.24, 2.45) is 0 Å². The fraction of sp³-hybridized carbons (Fsp3) is 0.571. The quantitative estimate of drug-likeness (QED) is 0.605. The second-order valence-electron chi connectivity index (χ2n) is 4.66. The van der Waals surface area contributed by atoms with Crippen molar-refractivity contribution >= 4 is 22.6 Å². The summed E-state index contributed by atoms with van der Waals surface area (Å²) in [6.07, 6.45) is 2.82. The first kappa shape index (κ1) is 13.3. The zero-order chi connectivity index (χ0) is 12.1. The standard InChI is InChI=1S/C14H21IN2/c1-2-17(14-7-8-14)10-9-16-11-12-3-5-13(15)6-4-12/h3-6,14,16H,2,7-11H2,1H3. The molecule has 1 aromatic carbocycles. The van der Waals surface area contributed by atoms with Crippen LogP contribution in [0.15, 0.2) is 24.3 Å². The highest BCUT2D eigenvalue weighted by Crippen LogP contribution is 2.25. The average Bonchev–Trinajstić information content (AvgIpc) is 3.16. The molecular weight excluding hydrogens is 323 g/mol. The zero-order valence-corrected chi connectivity index (χ0v) is 12.6. The summed E-state index contributed by atoms with van der Waals surface area (Å²) in [6, 6.07) is 9.63. The van der Waals surface area contributed by atoms with Crippen LogP contribution in [0, 0.1) is 3.57 Å². The van der Waals surface area contributed by atoms with Gasteiger partial charge in [0, 0.05) is 29.2 Å². The Hall–Kier alpha value is -0.130. The maximum absolute atomic E-state index is 3.52. The predicted octanol–water partition coefficient (Wildman–Crippen LogP) is 2.87. The summed E-state index contributed by atoms with van der Waals surface area (Å²) in [5, 5.41) is 3.52. The molecule has 0 aromatic heterocycles. The lowest BCUT2D eigenvalue weighted by Crippen LogP contribution is -2.33. The minimum absolute atomic E-state index is 0.889. The van der Waals surface area contributed by atoms with E-state index in [0.29, 0.717) is 0 Å². The number of halogens is 1. The number of rotatable bonds is 7. The van der Waals surface area contributed by atoms with Crippen LogP contribution in [-0.2, 0) is 6.54 Å². The third-order valence-electron chi connectivity index (χ3n) is 3.29. The van der Waals surface area contributed by atoms with Crippen LogP contribution in [0.4, 0.5) is 0 Å². The molecule has 0 amide bonds. The van der Waals surface area contributed by atoms with Gasteiger partial charge < -0.3 is 5.32 Å². The molecule has 1 aliphatic rings. The van der Waals surface area contributed by atoms with Crippen molar-refractivity contribution in [1.29, 1.82) is 0 Å². The second-order valence-corrected chi connectivity index (χ2v) is 5.91.